The molecule has 2 aliphatic carbocycles. The standard InChI is InChI=1S/C21H24F3N3O3/c1-9-14-16(27(12-3-4-12)20(30)25-19(14)29)10(2)17(15(9)22)26-7-11-5-6-21(23,24)18(28)13(11)8-26/h11-13,18,28H,3-8H2,1-2H3,(H,25,29,30). The predicted octanol–water partition coefficient (Wildman–Crippen LogP) is 2.62. The quantitative estimate of drug-likeness (QED) is 0.779. The van der Waals surface area contributed by atoms with Gasteiger partial charge in [0.05, 0.1) is 16.6 Å². The van der Waals surface area contributed by atoms with Gasteiger partial charge in [-0.1, -0.05) is 0 Å². The molecule has 1 saturated heterocycles. The van der Waals surface area contributed by atoms with E-state index in [0.717, 1.165) is 12.8 Å². The highest BCUT2D eigenvalue weighted by Gasteiger charge is 2.53. The maximum atomic E-state index is 15.5. The lowest BCUT2D eigenvalue weighted by Gasteiger charge is -2.35. The molecule has 0 amide bonds. The number of hydrogen-bond acceptors (Lipinski definition) is 4. The van der Waals surface area contributed by atoms with Crippen LogP contribution < -0.4 is 16.1 Å². The van der Waals surface area contributed by atoms with E-state index in [4.69, 9.17) is 0 Å². The SMILES string of the molecule is Cc1c(F)c(N2CC3CCC(F)(F)C(O)C3C2)c(C)c2c1c(=O)[nH]c(=O)n2C1CC1. The second-order valence-corrected chi connectivity index (χ2v) is 9.07. The summed E-state index contributed by atoms with van der Waals surface area (Å²) in [7, 11) is 0. The number of hydrogen-bond donors (Lipinski definition) is 2. The Morgan fingerprint density at radius 2 is 1.80 bits per heavy atom. The van der Waals surface area contributed by atoms with E-state index in [9.17, 15) is 23.5 Å². The molecule has 2 saturated carbocycles. The number of rotatable bonds is 2. The maximum Gasteiger partial charge on any atom is 0.329 e. The number of alkyl halides is 2. The van der Waals surface area contributed by atoms with Crippen LogP contribution in [0.3, 0.4) is 0 Å². The summed E-state index contributed by atoms with van der Waals surface area (Å²) in [4.78, 5) is 29.0. The van der Waals surface area contributed by atoms with E-state index in [1.165, 1.54) is 11.5 Å². The van der Waals surface area contributed by atoms with Crippen LogP contribution in [0, 0.1) is 31.5 Å². The van der Waals surface area contributed by atoms with E-state index in [1.54, 1.807) is 11.8 Å². The Hall–Kier alpha value is -2.29. The number of aliphatic hydroxyl groups excluding tert-OH is 1. The van der Waals surface area contributed by atoms with Gasteiger partial charge in [0.25, 0.3) is 11.5 Å². The van der Waals surface area contributed by atoms with E-state index in [1.807, 2.05) is 0 Å². The average Bonchev–Trinajstić information content (AvgIpc) is 3.41. The van der Waals surface area contributed by atoms with Crippen molar-refractivity contribution in [2.24, 2.45) is 11.8 Å². The molecule has 1 aromatic carbocycles. The molecule has 5 rings (SSSR count). The molecule has 2 heterocycles. The number of benzene rings is 1. The van der Waals surface area contributed by atoms with Crippen LogP contribution in [0.25, 0.3) is 10.9 Å². The number of fused-ring (bicyclic) bond motifs is 2. The Morgan fingerprint density at radius 1 is 1.10 bits per heavy atom. The van der Waals surface area contributed by atoms with E-state index in [2.05, 4.69) is 4.98 Å². The molecular formula is C21H24F3N3O3. The summed E-state index contributed by atoms with van der Waals surface area (Å²) in [6, 6.07) is -0.0325. The number of nitrogens with one attached hydrogen (secondary N) is 1. The average molecular weight is 423 g/mol. The van der Waals surface area contributed by atoms with Crippen LogP contribution in [-0.2, 0) is 0 Å². The molecule has 2 aromatic rings. The predicted molar refractivity (Wildman–Crippen MR) is 106 cm³/mol. The van der Waals surface area contributed by atoms with Crippen molar-refractivity contribution in [2.75, 3.05) is 18.0 Å². The number of H-pyrrole nitrogens is 1. The third-order valence-corrected chi connectivity index (χ3v) is 7.17. The summed E-state index contributed by atoms with van der Waals surface area (Å²) < 4.78 is 45.1. The molecule has 9 heteroatoms. The monoisotopic (exact) mass is 423 g/mol. The Balaban J connectivity index is 1.69. The molecule has 0 radical (unpaired) electrons. The van der Waals surface area contributed by atoms with E-state index in [0.29, 0.717) is 17.6 Å². The van der Waals surface area contributed by atoms with E-state index in [-0.39, 0.29) is 48.0 Å². The third-order valence-electron chi connectivity index (χ3n) is 7.17. The van der Waals surface area contributed by atoms with Crippen molar-refractivity contribution in [3.63, 3.8) is 0 Å². The van der Waals surface area contributed by atoms with Gasteiger partial charge in [-0.2, -0.15) is 0 Å². The summed E-state index contributed by atoms with van der Waals surface area (Å²) in [5, 5.41) is 10.3. The van der Waals surface area contributed by atoms with Crippen LogP contribution in [0.15, 0.2) is 9.59 Å². The van der Waals surface area contributed by atoms with Crippen LogP contribution >= 0.6 is 0 Å². The number of aryl methyl sites for hydroxylation is 2. The largest absolute Gasteiger partial charge is 0.386 e. The normalized spacial score (nSPS) is 28.2. The Bertz CT molecular complexity index is 1170. The van der Waals surface area contributed by atoms with Crippen molar-refractivity contribution >= 4 is 16.6 Å². The van der Waals surface area contributed by atoms with Crippen molar-refractivity contribution in [3.8, 4) is 0 Å². The highest BCUT2D eigenvalue weighted by molar-refractivity contribution is 5.90. The summed E-state index contributed by atoms with van der Waals surface area (Å²) in [5.74, 6) is -4.51. The molecule has 1 aromatic heterocycles. The lowest BCUT2D eigenvalue weighted by Crippen LogP contribution is -2.46. The van der Waals surface area contributed by atoms with Crippen LogP contribution in [0.2, 0.25) is 0 Å². The molecule has 162 valence electrons. The van der Waals surface area contributed by atoms with Crippen LogP contribution in [0.1, 0.15) is 42.9 Å². The minimum absolute atomic E-state index is 0.0325. The zero-order valence-electron chi connectivity index (χ0n) is 16.8. The topological polar surface area (TPSA) is 78.3 Å². The van der Waals surface area contributed by atoms with Gasteiger partial charge in [-0.3, -0.25) is 14.3 Å². The number of anilines is 1. The molecule has 30 heavy (non-hydrogen) atoms. The first-order valence-electron chi connectivity index (χ1n) is 10.4. The Morgan fingerprint density at radius 3 is 2.47 bits per heavy atom. The Labute approximate surface area is 170 Å². The lowest BCUT2D eigenvalue weighted by atomic mass is 9.77. The van der Waals surface area contributed by atoms with Crippen molar-refractivity contribution < 1.29 is 18.3 Å². The van der Waals surface area contributed by atoms with Crippen LogP contribution in [0.4, 0.5) is 18.9 Å². The summed E-state index contributed by atoms with van der Waals surface area (Å²) in [6.07, 6.45) is -0.246. The minimum Gasteiger partial charge on any atom is -0.386 e. The van der Waals surface area contributed by atoms with Crippen LogP contribution in [-0.4, -0.2) is 39.8 Å². The first-order valence-corrected chi connectivity index (χ1v) is 10.4. The van der Waals surface area contributed by atoms with E-state index < -0.39 is 35.0 Å². The second kappa shape index (κ2) is 6.35. The molecule has 0 bridgehead atoms. The maximum absolute atomic E-state index is 15.5. The van der Waals surface area contributed by atoms with Gasteiger partial charge in [0, 0.05) is 42.6 Å². The zero-order chi connectivity index (χ0) is 21.5. The molecule has 3 aliphatic rings. The molecule has 1 aliphatic heterocycles. The fraction of sp³-hybridized carbons (Fsp3) is 0.619. The lowest BCUT2D eigenvalue weighted by molar-refractivity contribution is -0.161. The van der Waals surface area contributed by atoms with Gasteiger partial charge in [-0.15, -0.1) is 0 Å². The molecule has 0 spiro atoms. The van der Waals surface area contributed by atoms with Gasteiger partial charge in [0.15, 0.2) is 5.82 Å². The fourth-order valence-electron chi connectivity index (χ4n) is 5.47. The third kappa shape index (κ3) is 2.67. The smallest absolute Gasteiger partial charge is 0.329 e. The molecule has 3 fully saturated rings. The van der Waals surface area contributed by atoms with Crippen molar-refractivity contribution in [1.29, 1.82) is 0 Å². The molecule has 6 nitrogen and oxygen atoms in total. The summed E-state index contributed by atoms with van der Waals surface area (Å²) >= 11 is 0. The number of aliphatic hydroxyl groups is 1. The summed E-state index contributed by atoms with van der Waals surface area (Å²) in [5.41, 5.74) is 0.124. The van der Waals surface area contributed by atoms with Crippen molar-refractivity contribution in [1.82, 2.24) is 9.55 Å². The van der Waals surface area contributed by atoms with Gasteiger partial charge < -0.3 is 10.0 Å². The molecule has 2 N–H and O–H groups in total. The van der Waals surface area contributed by atoms with Gasteiger partial charge in [-0.25, -0.2) is 18.0 Å². The minimum atomic E-state index is -3.14. The van der Waals surface area contributed by atoms with Crippen molar-refractivity contribution in [3.05, 3.63) is 37.8 Å². The first kappa shape index (κ1) is 19.7. The zero-order valence-corrected chi connectivity index (χ0v) is 16.8. The number of aromatic nitrogens is 2. The number of halogens is 3. The Kier molecular flexibility index (Phi) is 4.16. The molecule has 3 atom stereocenters. The van der Waals surface area contributed by atoms with Gasteiger partial charge in [-0.05, 0) is 39.0 Å². The highest BCUT2D eigenvalue weighted by atomic mass is 19.3. The number of aromatic amines is 1. The first-order chi connectivity index (χ1) is 14.1. The van der Waals surface area contributed by atoms with Crippen LogP contribution in [0.5, 0.6) is 0 Å². The molecular weight excluding hydrogens is 399 g/mol. The van der Waals surface area contributed by atoms with Gasteiger partial charge >= 0.3 is 5.69 Å². The van der Waals surface area contributed by atoms with E-state index >= 15 is 4.39 Å². The highest BCUT2D eigenvalue weighted by Crippen LogP contribution is 2.47. The van der Waals surface area contributed by atoms with Crippen molar-refractivity contribution in [2.45, 2.75) is 57.6 Å². The molecule has 3 unspecified atom stereocenters. The number of nitrogens with zero attached hydrogens (tertiary/aromatic N) is 2. The van der Waals surface area contributed by atoms with Gasteiger partial charge in [0.2, 0.25) is 0 Å². The van der Waals surface area contributed by atoms with Gasteiger partial charge in [0.1, 0.15) is 6.10 Å². The summed E-state index contributed by atoms with van der Waals surface area (Å²) in [6.45, 7) is 3.65. The fourth-order valence-corrected chi connectivity index (χ4v) is 5.47. The second-order valence-electron chi connectivity index (χ2n) is 9.07.